The third-order valence-corrected chi connectivity index (χ3v) is 3.72. The summed E-state index contributed by atoms with van der Waals surface area (Å²) in [6, 6.07) is 1.68. The van der Waals surface area contributed by atoms with E-state index in [2.05, 4.69) is 20.9 Å². The van der Waals surface area contributed by atoms with Gasteiger partial charge in [0.05, 0.1) is 18.1 Å². The number of nitrogens with zero attached hydrogens (tertiary/aromatic N) is 2. The Hall–Kier alpha value is -1.47. The van der Waals surface area contributed by atoms with Gasteiger partial charge in [-0.05, 0) is 34.8 Å². The molecule has 1 saturated heterocycles. The highest BCUT2D eigenvalue weighted by molar-refractivity contribution is 9.10. The maximum atomic E-state index is 12.5. The summed E-state index contributed by atoms with van der Waals surface area (Å²) in [5, 5.41) is 8.83. The second kappa shape index (κ2) is 7.51. The quantitative estimate of drug-likeness (QED) is 0.842. The van der Waals surface area contributed by atoms with Crippen LogP contribution in [0.2, 0.25) is 0 Å². The molecular formula is C14H17BrN2O4. The molecule has 1 fully saturated rings. The molecule has 7 heteroatoms. The number of halogens is 1. The van der Waals surface area contributed by atoms with Crippen molar-refractivity contribution in [3.8, 4) is 0 Å². The van der Waals surface area contributed by atoms with Gasteiger partial charge in [0.2, 0.25) is 0 Å². The third kappa shape index (κ3) is 4.78. The molecule has 0 aliphatic carbocycles. The second-order valence-corrected chi connectivity index (χ2v) is 5.84. The van der Waals surface area contributed by atoms with E-state index in [0.29, 0.717) is 23.2 Å². The molecule has 1 N–H and O–H groups in total. The molecule has 1 atom stereocenters. The van der Waals surface area contributed by atoms with E-state index in [1.165, 1.54) is 11.1 Å². The van der Waals surface area contributed by atoms with Crippen LogP contribution in [0.1, 0.15) is 29.6 Å². The number of carbonyl (C=O) groups is 2. The van der Waals surface area contributed by atoms with E-state index in [9.17, 15) is 9.59 Å². The minimum absolute atomic E-state index is 0.0112. The number of amides is 1. The van der Waals surface area contributed by atoms with Crippen LogP contribution in [0.15, 0.2) is 22.9 Å². The third-order valence-electron chi connectivity index (χ3n) is 3.28. The standard InChI is InChI=1S/C14H17BrN2O4/c15-11-6-10(7-16-8-11)14(20)17(4-3-13(18)19)9-12-2-1-5-21-12/h6-8,12H,1-5,9H2,(H,18,19). The fourth-order valence-electron chi connectivity index (χ4n) is 2.25. The van der Waals surface area contributed by atoms with E-state index < -0.39 is 5.97 Å². The number of aliphatic carboxylic acids is 1. The number of hydrogen-bond acceptors (Lipinski definition) is 4. The number of rotatable bonds is 6. The Morgan fingerprint density at radius 3 is 2.90 bits per heavy atom. The zero-order chi connectivity index (χ0) is 15.2. The fourth-order valence-corrected chi connectivity index (χ4v) is 2.62. The van der Waals surface area contributed by atoms with Gasteiger partial charge in [0, 0.05) is 36.6 Å². The molecule has 1 amide bonds. The van der Waals surface area contributed by atoms with Gasteiger partial charge in [-0.1, -0.05) is 0 Å². The van der Waals surface area contributed by atoms with Crippen LogP contribution >= 0.6 is 15.9 Å². The lowest BCUT2D eigenvalue weighted by atomic mass is 10.2. The Morgan fingerprint density at radius 2 is 2.29 bits per heavy atom. The van der Waals surface area contributed by atoms with Gasteiger partial charge in [-0.3, -0.25) is 14.6 Å². The smallest absolute Gasteiger partial charge is 0.305 e. The van der Waals surface area contributed by atoms with Crippen LogP contribution in [0.3, 0.4) is 0 Å². The summed E-state index contributed by atoms with van der Waals surface area (Å²) in [5.41, 5.74) is 0.438. The van der Waals surface area contributed by atoms with Crippen molar-refractivity contribution in [2.45, 2.75) is 25.4 Å². The first kappa shape index (κ1) is 15.9. The minimum atomic E-state index is -0.924. The number of hydrogen-bond donors (Lipinski definition) is 1. The number of carbonyl (C=O) groups excluding carboxylic acids is 1. The molecule has 0 radical (unpaired) electrons. The molecule has 1 aromatic rings. The molecule has 0 saturated carbocycles. The van der Waals surface area contributed by atoms with Crippen molar-refractivity contribution in [2.75, 3.05) is 19.7 Å². The Kier molecular flexibility index (Phi) is 5.69. The van der Waals surface area contributed by atoms with Crippen LogP contribution in [0.25, 0.3) is 0 Å². The molecule has 0 bridgehead atoms. The van der Waals surface area contributed by atoms with Crippen molar-refractivity contribution in [3.63, 3.8) is 0 Å². The van der Waals surface area contributed by atoms with Gasteiger partial charge in [0.1, 0.15) is 0 Å². The Balaban J connectivity index is 2.08. The molecule has 0 spiro atoms. The molecule has 6 nitrogen and oxygen atoms in total. The van der Waals surface area contributed by atoms with Gasteiger partial charge in [-0.2, -0.15) is 0 Å². The molecule has 2 heterocycles. The summed E-state index contributed by atoms with van der Waals surface area (Å²) in [5.74, 6) is -1.15. The van der Waals surface area contributed by atoms with Crippen LogP contribution in [0.4, 0.5) is 0 Å². The van der Waals surface area contributed by atoms with Gasteiger partial charge in [0.15, 0.2) is 0 Å². The molecule has 2 rings (SSSR count). The molecular weight excluding hydrogens is 340 g/mol. The second-order valence-electron chi connectivity index (χ2n) is 4.92. The highest BCUT2D eigenvalue weighted by Gasteiger charge is 2.24. The van der Waals surface area contributed by atoms with E-state index in [1.54, 1.807) is 12.3 Å². The summed E-state index contributed by atoms with van der Waals surface area (Å²) < 4.78 is 6.25. The molecule has 1 aromatic heterocycles. The zero-order valence-corrected chi connectivity index (χ0v) is 13.1. The lowest BCUT2D eigenvalue weighted by Gasteiger charge is -2.25. The summed E-state index contributed by atoms with van der Waals surface area (Å²) >= 11 is 3.28. The maximum absolute atomic E-state index is 12.5. The lowest BCUT2D eigenvalue weighted by molar-refractivity contribution is -0.137. The minimum Gasteiger partial charge on any atom is -0.481 e. The normalized spacial score (nSPS) is 17.7. The van der Waals surface area contributed by atoms with Gasteiger partial charge in [-0.25, -0.2) is 0 Å². The average molecular weight is 357 g/mol. The maximum Gasteiger partial charge on any atom is 0.305 e. The summed E-state index contributed by atoms with van der Waals surface area (Å²) in [6.07, 6.45) is 4.86. The monoisotopic (exact) mass is 356 g/mol. The summed E-state index contributed by atoms with van der Waals surface area (Å²) in [6.45, 7) is 1.28. The highest BCUT2D eigenvalue weighted by Crippen LogP contribution is 2.16. The Labute approximate surface area is 131 Å². The highest BCUT2D eigenvalue weighted by atomic mass is 79.9. The average Bonchev–Trinajstić information content (AvgIpc) is 2.95. The van der Waals surface area contributed by atoms with Crippen molar-refractivity contribution < 1.29 is 19.4 Å². The molecule has 114 valence electrons. The zero-order valence-electron chi connectivity index (χ0n) is 11.5. The van der Waals surface area contributed by atoms with Crippen molar-refractivity contribution in [2.24, 2.45) is 0 Å². The summed E-state index contributed by atoms with van der Waals surface area (Å²) in [7, 11) is 0. The predicted octanol–water partition coefficient (Wildman–Crippen LogP) is 1.94. The van der Waals surface area contributed by atoms with Gasteiger partial charge in [-0.15, -0.1) is 0 Å². The lowest BCUT2D eigenvalue weighted by Crippen LogP contribution is -2.38. The largest absolute Gasteiger partial charge is 0.481 e. The Bertz CT molecular complexity index is 517. The number of aromatic nitrogens is 1. The molecule has 1 aliphatic rings. The van der Waals surface area contributed by atoms with E-state index in [0.717, 1.165) is 12.8 Å². The van der Waals surface area contributed by atoms with Crippen LogP contribution in [0, 0.1) is 0 Å². The Morgan fingerprint density at radius 1 is 1.48 bits per heavy atom. The first-order chi connectivity index (χ1) is 10.1. The molecule has 21 heavy (non-hydrogen) atoms. The van der Waals surface area contributed by atoms with Crippen LogP contribution < -0.4 is 0 Å². The van der Waals surface area contributed by atoms with Crippen molar-refractivity contribution in [3.05, 3.63) is 28.5 Å². The number of carboxylic acids is 1. The van der Waals surface area contributed by atoms with Gasteiger partial charge in [0.25, 0.3) is 5.91 Å². The van der Waals surface area contributed by atoms with E-state index >= 15 is 0 Å². The summed E-state index contributed by atoms with van der Waals surface area (Å²) in [4.78, 5) is 28.8. The number of pyridine rings is 1. The van der Waals surface area contributed by atoms with E-state index in [-0.39, 0.29) is 25.0 Å². The number of ether oxygens (including phenoxy) is 1. The molecule has 1 aliphatic heterocycles. The molecule has 1 unspecified atom stereocenters. The predicted molar refractivity (Wildman–Crippen MR) is 79.1 cm³/mol. The SMILES string of the molecule is O=C(O)CCN(CC1CCCO1)C(=O)c1cncc(Br)c1. The van der Waals surface area contributed by atoms with Crippen molar-refractivity contribution >= 4 is 27.8 Å². The first-order valence-electron chi connectivity index (χ1n) is 6.79. The number of carboxylic acid groups (broad SMARTS) is 1. The van der Waals surface area contributed by atoms with E-state index in [4.69, 9.17) is 9.84 Å². The van der Waals surface area contributed by atoms with Crippen molar-refractivity contribution in [1.82, 2.24) is 9.88 Å². The van der Waals surface area contributed by atoms with Crippen molar-refractivity contribution in [1.29, 1.82) is 0 Å². The fraction of sp³-hybridized carbons (Fsp3) is 0.500. The van der Waals surface area contributed by atoms with Crippen LogP contribution in [-0.4, -0.2) is 52.7 Å². The van der Waals surface area contributed by atoms with Gasteiger partial charge < -0.3 is 14.7 Å². The van der Waals surface area contributed by atoms with E-state index in [1.807, 2.05) is 0 Å². The topological polar surface area (TPSA) is 79.7 Å². The first-order valence-corrected chi connectivity index (χ1v) is 7.59. The van der Waals surface area contributed by atoms with Crippen LogP contribution in [-0.2, 0) is 9.53 Å². The van der Waals surface area contributed by atoms with Crippen LogP contribution in [0.5, 0.6) is 0 Å². The molecule has 0 aromatic carbocycles. The van der Waals surface area contributed by atoms with Gasteiger partial charge >= 0.3 is 5.97 Å².